The maximum atomic E-state index is 12.3. The molecule has 7 rings (SSSR count). The molecule has 0 aliphatic carbocycles. The number of ether oxygens (including phenoxy) is 8. The molecule has 0 spiro atoms. The van der Waals surface area contributed by atoms with Crippen LogP contribution in [0.2, 0.25) is 0 Å². The number of rotatable bonds is 17. The Morgan fingerprint density at radius 1 is 0.580 bits per heavy atom. The van der Waals surface area contributed by atoms with Crippen LogP contribution in [-0.2, 0) is 91.0 Å². The minimum Gasteiger partial charge on any atom is -0.480 e. The molecule has 0 bridgehead atoms. The molecule has 25 heteroatoms. The van der Waals surface area contributed by atoms with Crippen molar-refractivity contribution in [3.8, 4) is 0 Å². The molecule has 6 aliphatic rings. The summed E-state index contributed by atoms with van der Waals surface area (Å²) in [5.41, 5.74) is 1.03. The van der Waals surface area contributed by atoms with E-state index in [1.807, 2.05) is 6.92 Å². The summed E-state index contributed by atoms with van der Waals surface area (Å²) in [6.45, 7) is 19.8. The summed E-state index contributed by atoms with van der Waals surface area (Å²) in [5.74, 6) is 0.588. The Kier molecular flexibility index (Phi) is 35.8. The first-order valence-electron chi connectivity index (χ1n) is 28.3. The number of aryl methyl sites for hydroxylation is 1. The zero-order chi connectivity index (χ0) is 60.5. The van der Waals surface area contributed by atoms with Crippen molar-refractivity contribution < 1.29 is 96.7 Å². The highest BCUT2D eigenvalue weighted by molar-refractivity contribution is 8.13. The van der Waals surface area contributed by atoms with Crippen molar-refractivity contribution in [2.45, 2.75) is 140 Å². The first kappa shape index (κ1) is 74.3. The van der Waals surface area contributed by atoms with Crippen LogP contribution in [-0.4, -0.2) is 191 Å². The van der Waals surface area contributed by atoms with Gasteiger partial charge in [0.05, 0.1) is 42.6 Å². The van der Waals surface area contributed by atoms with Gasteiger partial charge >= 0.3 is 17.9 Å². The first-order chi connectivity index (χ1) is 38.2. The molecule has 1 aromatic carbocycles. The van der Waals surface area contributed by atoms with E-state index in [1.165, 1.54) is 46.6 Å². The number of aliphatic hydroxyl groups is 1. The number of aliphatic carboxylic acids is 1. The van der Waals surface area contributed by atoms with E-state index < -0.39 is 51.2 Å². The Morgan fingerprint density at radius 2 is 0.951 bits per heavy atom. The summed E-state index contributed by atoms with van der Waals surface area (Å²) in [4.78, 5) is 44.4. The largest absolute Gasteiger partial charge is 0.480 e. The van der Waals surface area contributed by atoms with Crippen LogP contribution < -0.4 is 0 Å². The highest BCUT2D eigenvalue weighted by Crippen LogP contribution is 2.27. The maximum absolute atomic E-state index is 12.3. The molecule has 6 heterocycles. The second kappa shape index (κ2) is 39.0. The molecule has 81 heavy (non-hydrogen) atoms. The van der Waals surface area contributed by atoms with Crippen molar-refractivity contribution in [1.82, 2.24) is 0 Å². The number of methoxy groups -OCH3 is 1. The summed E-state index contributed by atoms with van der Waals surface area (Å²) in [6, 6.07) is 6.69. The Morgan fingerprint density at radius 3 is 1.31 bits per heavy atom. The third-order valence-electron chi connectivity index (χ3n) is 14.8. The monoisotopic (exact) mass is 1230 g/mol. The molecule has 0 atom stereocenters. The van der Waals surface area contributed by atoms with Gasteiger partial charge in [0.15, 0.2) is 34.3 Å². The Bertz CT molecular complexity index is 2270. The predicted molar refractivity (Wildman–Crippen MR) is 308 cm³/mol. The fraction of sp³-hybridized carbons (Fsp3) is 0.821. The Hall–Kier alpha value is -2.82. The summed E-state index contributed by atoms with van der Waals surface area (Å²) in [7, 11) is -9.31. The molecule has 470 valence electrons. The van der Waals surface area contributed by atoms with Gasteiger partial charge in [0.2, 0.25) is 0 Å². The van der Waals surface area contributed by atoms with Gasteiger partial charge in [0, 0.05) is 98.6 Å². The minimum absolute atomic E-state index is 0.0253. The number of benzene rings is 1. The molecule has 0 unspecified atom stereocenters. The lowest BCUT2D eigenvalue weighted by Crippen LogP contribution is -2.45. The Balaban J connectivity index is 0.000000339. The number of carboxylic acids is 1. The maximum Gasteiger partial charge on any atom is 0.326 e. The van der Waals surface area contributed by atoms with Gasteiger partial charge in [-0.3, -0.25) is 23.4 Å². The first-order valence-corrected chi connectivity index (χ1v) is 34.0. The van der Waals surface area contributed by atoms with Crippen molar-refractivity contribution in [3.63, 3.8) is 0 Å². The molecule has 0 saturated carbocycles. The fourth-order valence-electron chi connectivity index (χ4n) is 8.48. The van der Waals surface area contributed by atoms with Crippen molar-refractivity contribution >= 4 is 64.6 Å². The normalized spacial score (nSPS) is 19.6. The lowest BCUT2D eigenvalue weighted by molar-refractivity contribution is -0.148. The SMILES string of the molecule is CC(=O)SCC1CCOCC1.CC(C)(C(=O)O)S(=O)(=O)CC1CCOCC1.CCOC(=O)C(C)(C)S(=O)(=O)CC1CCOCC1.COC(=O)C1CCOCC1.Cc1ccc(S(=O)(=O)OCC2CCOCC2)cc1.OCC1CCOCC1. The van der Waals surface area contributed by atoms with Gasteiger partial charge in [-0.2, -0.15) is 8.42 Å². The number of aliphatic hydroxyl groups excluding tert-OH is 1. The van der Waals surface area contributed by atoms with Gasteiger partial charge in [0.25, 0.3) is 10.1 Å². The molecule has 6 saturated heterocycles. The summed E-state index contributed by atoms with van der Waals surface area (Å²) < 4.78 is 115. The molecular formula is C56H96O21S4. The number of esters is 2. The number of carbonyl (C=O) groups is 4. The van der Waals surface area contributed by atoms with Crippen LogP contribution in [0.3, 0.4) is 0 Å². The van der Waals surface area contributed by atoms with Crippen LogP contribution in [0, 0.1) is 42.4 Å². The summed E-state index contributed by atoms with van der Waals surface area (Å²) >= 11 is 1.44. The number of hydrogen-bond acceptors (Lipinski definition) is 21. The van der Waals surface area contributed by atoms with Crippen molar-refractivity contribution in [2.75, 3.05) is 123 Å². The second-order valence-electron chi connectivity index (χ2n) is 21.8. The molecule has 2 N–H and O–H groups in total. The average Bonchev–Trinajstić information content (AvgIpc) is 3.49. The molecule has 1 aromatic rings. The van der Waals surface area contributed by atoms with Gasteiger partial charge in [-0.25, -0.2) is 16.8 Å². The standard InChI is InChI=1S/C13H18O4S.C12H22O5S.C10H18O5S.C8H14O2S.C7H12O3.C6H12O2/c1-11-2-4-13(5-3-11)18(14,15)17-10-12-6-8-16-9-7-12;1-4-17-11(13)12(2,3)18(14,15)9-10-5-7-16-8-6-10;1-10(2,9(11)12)16(13,14)7-8-3-5-15-6-4-8;1-7(9)11-6-8-2-4-10-5-3-8;1-9-7(8)6-2-4-10-5-3-6;7-5-6-1-3-8-4-2-6/h2-5,12H,6-10H2,1H3;10H,4-9H2,1-3H3;8H,3-7H2,1-2H3,(H,11,12);8H,2-6H2,1H3;6H,2-5H2,1H3;6-7H,1-5H2. The van der Waals surface area contributed by atoms with Crippen LogP contribution in [0.25, 0.3) is 0 Å². The van der Waals surface area contributed by atoms with E-state index in [0.717, 1.165) is 102 Å². The van der Waals surface area contributed by atoms with Crippen molar-refractivity contribution in [1.29, 1.82) is 0 Å². The minimum atomic E-state index is -3.62. The van der Waals surface area contributed by atoms with Crippen LogP contribution in [0.4, 0.5) is 0 Å². The lowest BCUT2D eigenvalue weighted by Gasteiger charge is -2.27. The highest BCUT2D eigenvalue weighted by Gasteiger charge is 2.45. The number of hydrogen-bond donors (Lipinski definition) is 2. The van der Waals surface area contributed by atoms with Crippen molar-refractivity contribution in [2.24, 2.45) is 35.5 Å². The summed E-state index contributed by atoms with van der Waals surface area (Å²) in [6.07, 6.45) is 10.5. The third kappa shape index (κ3) is 28.7. The van der Waals surface area contributed by atoms with Crippen LogP contribution in [0.15, 0.2) is 29.2 Å². The second-order valence-corrected chi connectivity index (χ2v) is 29.8. The van der Waals surface area contributed by atoms with E-state index >= 15 is 0 Å². The molecule has 0 aromatic heterocycles. The highest BCUT2D eigenvalue weighted by atomic mass is 32.2. The number of carbonyl (C=O) groups excluding carboxylic acids is 3. The van der Waals surface area contributed by atoms with Crippen molar-refractivity contribution in [3.05, 3.63) is 29.8 Å². The van der Waals surface area contributed by atoms with E-state index in [0.29, 0.717) is 84.1 Å². The molecule has 6 fully saturated rings. The third-order valence-corrected chi connectivity index (χ3v) is 22.4. The van der Waals surface area contributed by atoms with Crippen LogP contribution in [0.1, 0.15) is 124 Å². The van der Waals surface area contributed by atoms with Crippen LogP contribution >= 0.6 is 11.8 Å². The van der Waals surface area contributed by atoms with E-state index in [4.69, 9.17) is 47.6 Å². The van der Waals surface area contributed by atoms with Gasteiger partial charge in [-0.05, 0) is 160 Å². The molecule has 0 radical (unpaired) electrons. The van der Waals surface area contributed by atoms with E-state index in [-0.39, 0.29) is 64.4 Å². The van der Waals surface area contributed by atoms with Gasteiger partial charge in [-0.1, -0.05) is 29.5 Å². The quantitative estimate of drug-likeness (QED) is 0.122. The number of thioether (sulfide) groups is 1. The van der Waals surface area contributed by atoms with E-state index in [2.05, 4.69) is 4.74 Å². The van der Waals surface area contributed by atoms with Gasteiger partial charge in [0.1, 0.15) is 0 Å². The molecule has 6 aliphatic heterocycles. The smallest absolute Gasteiger partial charge is 0.326 e. The molecule has 21 nitrogen and oxygen atoms in total. The fourth-order valence-corrected chi connectivity index (χ4v) is 13.6. The number of sulfone groups is 2. The average molecular weight is 1230 g/mol. The van der Waals surface area contributed by atoms with E-state index in [1.54, 1.807) is 38.1 Å². The zero-order valence-corrected chi connectivity index (χ0v) is 52.5. The topological polar surface area (TPSA) is 294 Å². The predicted octanol–water partition coefficient (Wildman–Crippen LogP) is 6.67. The van der Waals surface area contributed by atoms with Crippen LogP contribution in [0.5, 0.6) is 0 Å². The number of carboxylic acid groups (broad SMARTS) is 1. The Labute approximate surface area is 487 Å². The van der Waals surface area contributed by atoms with Gasteiger partial charge < -0.3 is 48.1 Å². The summed E-state index contributed by atoms with van der Waals surface area (Å²) in [5, 5.41) is 17.8. The van der Waals surface area contributed by atoms with E-state index in [9.17, 15) is 44.4 Å². The lowest BCUT2D eigenvalue weighted by atomic mass is 10.0. The molecular weight excluding hydrogens is 1140 g/mol. The van der Waals surface area contributed by atoms with Gasteiger partial charge in [-0.15, -0.1) is 0 Å². The zero-order valence-electron chi connectivity index (χ0n) is 49.3. The molecule has 0 amide bonds.